The molecule has 1 unspecified atom stereocenters. The molecule has 1 N–H and O–H groups in total. The third-order valence-electron chi connectivity index (χ3n) is 2.67. The largest absolute Gasteiger partial charge is 0.491 e. The maximum Gasteiger partial charge on any atom is 0.138 e. The van der Waals surface area contributed by atoms with Crippen molar-refractivity contribution in [3.63, 3.8) is 0 Å². The van der Waals surface area contributed by atoms with Gasteiger partial charge < -0.3 is 4.74 Å². The second-order valence-electron chi connectivity index (χ2n) is 4.26. The molecule has 1 rings (SSSR count). The van der Waals surface area contributed by atoms with E-state index in [2.05, 4.69) is 18.3 Å². The van der Waals surface area contributed by atoms with Gasteiger partial charge in [0.05, 0.1) is 6.07 Å². The summed E-state index contributed by atoms with van der Waals surface area (Å²) in [5, 5.41) is 12.2. The first-order chi connectivity index (χ1) is 8.13. The van der Waals surface area contributed by atoms with Crippen LogP contribution >= 0.6 is 0 Å². The zero-order valence-corrected chi connectivity index (χ0v) is 10.8. The smallest absolute Gasteiger partial charge is 0.138 e. The fourth-order valence-electron chi connectivity index (χ4n) is 1.56. The number of nitriles is 1. The molecule has 0 aromatic heterocycles. The second-order valence-corrected chi connectivity index (χ2v) is 4.26. The molecule has 0 bridgehead atoms. The summed E-state index contributed by atoms with van der Waals surface area (Å²) in [6.45, 7) is 7.04. The van der Waals surface area contributed by atoms with E-state index in [0.717, 1.165) is 18.7 Å². The molecule has 3 nitrogen and oxygen atoms in total. The minimum atomic E-state index is -0.627. The van der Waals surface area contributed by atoms with E-state index in [1.165, 1.54) is 5.56 Å². The lowest BCUT2D eigenvalue weighted by Gasteiger charge is -2.22. The van der Waals surface area contributed by atoms with Crippen LogP contribution in [0.3, 0.4) is 0 Å². The van der Waals surface area contributed by atoms with Crippen LogP contribution in [-0.4, -0.2) is 18.7 Å². The van der Waals surface area contributed by atoms with Gasteiger partial charge in [-0.15, -0.1) is 0 Å². The Morgan fingerprint density at radius 3 is 2.41 bits per heavy atom. The van der Waals surface area contributed by atoms with Crippen LogP contribution in [0.2, 0.25) is 0 Å². The highest BCUT2D eigenvalue weighted by atomic mass is 16.5. The third-order valence-corrected chi connectivity index (χ3v) is 2.67. The SMILES string of the molecule is CCNC(C)(C#N)COc1ccc(CC)cc1. The third kappa shape index (κ3) is 4.08. The molecule has 0 radical (unpaired) electrons. The van der Waals surface area contributed by atoms with Crippen LogP contribution in [-0.2, 0) is 6.42 Å². The minimum absolute atomic E-state index is 0.350. The Bertz CT molecular complexity index is 380. The monoisotopic (exact) mass is 232 g/mol. The number of ether oxygens (including phenoxy) is 1. The Labute approximate surface area is 103 Å². The number of hydrogen-bond donors (Lipinski definition) is 1. The lowest BCUT2D eigenvalue weighted by molar-refractivity contribution is 0.236. The molecule has 0 amide bonds. The first-order valence-electron chi connectivity index (χ1n) is 6.01. The van der Waals surface area contributed by atoms with Gasteiger partial charge in [-0.25, -0.2) is 0 Å². The van der Waals surface area contributed by atoms with Crippen LogP contribution in [0.15, 0.2) is 24.3 Å². The van der Waals surface area contributed by atoms with Gasteiger partial charge in [-0.2, -0.15) is 5.26 Å². The van der Waals surface area contributed by atoms with Crippen molar-refractivity contribution in [3.8, 4) is 11.8 Å². The molecular weight excluding hydrogens is 212 g/mol. The molecule has 0 saturated carbocycles. The van der Waals surface area contributed by atoms with Crippen LogP contribution in [0.1, 0.15) is 26.3 Å². The van der Waals surface area contributed by atoms with E-state index in [4.69, 9.17) is 10.00 Å². The van der Waals surface area contributed by atoms with E-state index in [1.54, 1.807) is 0 Å². The maximum absolute atomic E-state index is 9.08. The average Bonchev–Trinajstić information content (AvgIpc) is 2.37. The quantitative estimate of drug-likeness (QED) is 0.819. The number of nitrogens with zero attached hydrogens (tertiary/aromatic N) is 1. The topological polar surface area (TPSA) is 45.0 Å². The van der Waals surface area contributed by atoms with E-state index >= 15 is 0 Å². The molecule has 1 atom stereocenters. The van der Waals surface area contributed by atoms with Crippen molar-refractivity contribution in [2.24, 2.45) is 0 Å². The lowest BCUT2D eigenvalue weighted by atomic mass is 10.1. The second kappa shape index (κ2) is 6.27. The Morgan fingerprint density at radius 1 is 1.29 bits per heavy atom. The Morgan fingerprint density at radius 2 is 1.94 bits per heavy atom. The van der Waals surface area contributed by atoms with Crippen molar-refractivity contribution in [2.75, 3.05) is 13.2 Å². The number of rotatable bonds is 6. The molecule has 0 spiro atoms. The summed E-state index contributed by atoms with van der Waals surface area (Å²) in [7, 11) is 0. The van der Waals surface area contributed by atoms with Gasteiger partial charge in [0.15, 0.2) is 0 Å². The molecule has 0 aliphatic carbocycles. The molecule has 3 heteroatoms. The molecule has 0 aliphatic heterocycles. The van der Waals surface area contributed by atoms with E-state index in [-0.39, 0.29) is 0 Å². The highest BCUT2D eigenvalue weighted by molar-refractivity contribution is 5.27. The summed E-state index contributed by atoms with van der Waals surface area (Å²) < 4.78 is 5.63. The normalized spacial score (nSPS) is 13.8. The van der Waals surface area contributed by atoms with Crippen LogP contribution in [0.5, 0.6) is 5.75 Å². The van der Waals surface area contributed by atoms with Gasteiger partial charge in [0.1, 0.15) is 17.9 Å². The molecule has 92 valence electrons. The number of benzene rings is 1. The first kappa shape index (κ1) is 13.5. The van der Waals surface area contributed by atoms with Gasteiger partial charge >= 0.3 is 0 Å². The lowest BCUT2D eigenvalue weighted by Crippen LogP contribution is -2.46. The number of likely N-dealkylation sites (N-methyl/N-ethyl adjacent to an activating group) is 1. The standard InChI is InChI=1S/C14H20N2O/c1-4-12-6-8-13(9-7-12)17-11-14(3,10-15)16-5-2/h6-9,16H,4-5,11H2,1-3H3. The van der Waals surface area contributed by atoms with Gasteiger partial charge in [-0.1, -0.05) is 26.0 Å². The number of aryl methyl sites for hydroxylation is 1. The summed E-state index contributed by atoms with van der Waals surface area (Å²) in [4.78, 5) is 0. The average molecular weight is 232 g/mol. The molecule has 1 aromatic rings. The van der Waals surface area contributed by atoms with E-state index in [9.17, 15) is 0 Å². The zero-order valence-electron chi connectivity index (χ0n) is 10.8. The molecule has 17 heavy (non-hydrogen) atoms. The van der Waals surface area contributed by atoms with Gasteiger partial charge in [-0.3, -0.25) is 5.32 Å². The van der Waals surface area contributed by atoms with Gasteiger partial charge in [0, 0.05) is 0 Å². The van der Waals surface area contributed by atoms with Crippen molar-refractivity contribution < 1.29 is 4.74 Å². The zero-order chi connectivity index (χ0) is 12.7. The van der Waals surface area contributed by atoms with Crippen LogP contribution in [0.4, 0.5) is 0 Å². The molecular formula is C14H20N2O. The highest BCUT2D eigenvalue weighted by Crippen LogP contribution is 2.14. The first-order valence-corrected chi connectivity index (χ1v) is 6.01. The van der Waals surface area contributed by atoms with E-state index in [1.807, 2.05) is 38.1 Å². The van der Waals surface area contributed by atoms with Crippen LogP contribution in [0.25, 0.3) is 0 Å². The molecule has 0 saturated heterocycles. The molecule has 0 fully saturated rings. The predicted octanol–water partition coefficient (Wildman–Crippen LogP) is 2.52. The summed E-state index contributed by atoms with van der Waals surface area (Å²) >= 11 is 0. The molecule has 0 aliphatic rings. The Balaban J connectivity index is 2.57. The minimum Gasteiger partial charge on any atom is -0.491 e. The van der Waals surface area contributed by atoms with Gasteiger partial charge in [0.2, 0.25) is 0 Å². The van der Waals surface area contributed by atoms with Gasteiger partial charge in [-0.05, 0) is 37.6 Å². The maximum atomic E-state index is 9.08. The summed E-state index contributed by atoms with van der Waals surface area (Å²) in [6.07, 6.45) is 1.02. The van der Waals surface area contributed by atoms with Crippen molar-refractivity contribution in [3.05, 3.63) is 29.8 Å². The fraction of sp³-hybridized carbons (Fsp3) is 0.500. The van der Waals surface area contributed by atoms with Crippen molar-refractivity contribution >= 4 is 0 Å². The van der Waals surface area contributed by atoms with Gasteiger partial charge in [0.25, 0.3) is 0 Å². The van der Waals surface area contributed by atoms with E-state index < -0.39 is 5.54 Å². The fourth-order valence-corrected chi connectivity index (χ4v) is 1.56. The molecule has 0 heterocycles. The van der Waals surface area contributed by atoms with Crippen molar-refractivity contribution in [1.82, 2.24) is 5.32 Å². The Kier molecular flexibility index (Phi) is 4.99. The molecule has 1 aromatic carbocycles. The highest BCUT2D eigenvalue weighted by Gasteiger charge is 2.23. The van der Waals surface area contributed by atoms with Crippen LogP contribution in [0, 0.1) is 11.3 Å². The van der Waals surface area contributed by atoms with E-state index in [0.29, 0.717) is 6.61 Å². The summed E-state index contributed by atoms with van der Waals surface area (Å²) in [5.41, 5.74) is 0.658. The predicted molar refractivity (Wildman–Crippen MR) is 69.0 cm³/mol. The summed E-state index contributed by atoms with van der Waals surface area (Å²) in [6, 6.07) is 10.2. The van der Waals surface area contributed by atoms with Crippen LogP contribution < -0.4 is 10.1 Å². The summed E-state index contributed by atoms with van der Waals surface area (Å²) in [5.74, 6) is 0.807. The Hall–Kier alpha value is -1.53. The van der Waals surface area contributed by atoms with Crippen molar-refractivity contribution in [2.45, 2.75) is 32.7 Å². The number of nitrogens with one attached hydrogen (secondary N) is 1. The number of hydrogen-bond acceptors (Lipinski definition) is 3. The van der Waals surface area contributed by atoms with Crippen molar-refractivity contribution in [1.29, 1.82) is 5.26 Å².